The normalized spacial score (nSPS) is 11.1. The first-order valence-electron chi connectivity index (χ1n) is 5.73. The first-order chi connectivity index (χ1) is 9.97. The van der Waals surface area contributed by atoms with Crippen LogP contribution in [0.25, 0.3) is 22.0 Å². The standard InChI is InChI=1S/C14H5Cl3F2N2/c15-6-1-2-10(16)9(3-6)13-7-4-11(18)12(19)5-8(7)14(17)21-20-13/h1-5H. The summed E-state index contributed by atoms with van der Waals surface area (Å²) in [4.78, 5) is 0. The topological polar surface area (TPSA) is 25.8 Å². The molecule has 0 spiro atoms. The van der Waals surface area contributed by atoms with Crippen molar-refractivity contribution >= 4 is 45.6 Å². The molecule has 1 heterocycles. The molecule has 1 aromatic heterocycles. The molecule has 0 unspecified atom stereocenters. The SMILES string of the molecule is Fc1cc2c(Cl)nnc(-c3cc(Cl)ccc3Cl)c2cc1F. The second kappa shape index (κ2) is 5.37. The van der Waals surface area contributed by atoms with E-state index in [1.165, 1.54) is 0 Å². The number of aromatic nitrogens is 2. The number of nitrogens with zero attached hydrogens (tertiary/aromatic N) is 2. The van der Waals surface area contributed by atoms with Gasteiger partial charge >= 0.3 is 0 Å². The van der Waals surface area contributed by atoms with Gasteiger partial charge in [-0.2, -0.15) is 0 Å². The second-order valence-electron chi connectivity index (χ2n) is 4.28. The van der Waals surface area contributed by atoms with Crippen molar-refractivity contribution in [3.8, 4) is 11.3 Å². The molecule has 3 rings (SSSR count). The minimum absolute atomic E-state index is 0.0224. The summed E-state index contributed by atoms with van der Waals surface area (Å²) in [5, 5.41) is 9.01. The number of benzene rings is 2. The molecule has 3 aromatic rings. The van der Waals surface area contributed by atoms with Gasteiger partial charge in [0, 0.05) is 21.4 Å². The molecule has 2 nitrogen and oxygen atoms in total. The lowest BCUT2D eigenvalue weighted by Crippen LogP contribution is -1.95. The zero-order valence-corrected chi connectivity index (χ0v) is 12.4. The molecule has 0 aliphatic rings. The van der Waals surface area contributed by atoms with Crippen LogP contribution in [0.4, 0.5) is 8.78 Å². The molecule has 106 valence electrons. The Morgan fingerprint density at radius 2 is 1.48 bits per heavy atom. The lowest BCUT2D eigenvalue weighted by molar-refractivity contribution is 0.511. The number of fused-ring (bicyclic) bond motifs is 1. The predicted molar refractivity (Wildman–Crippen MR) is 79.9 cm³/mol. The summed E-state index contributed by atoms with van der Waals surface area (Å²) >= 11 is 17.9. The highest BCUT2D eigenvalue weighted by Gasteiger charge is 2.16. The molecule has 0 saturated carbocycles. The van der Waals surface area contributed by atoms with Gasteiger partial charge in [-0.15, -0.1) is 10.2 Å². The van der Waals surface area contributed by atoms with Gasteiger partial charge in [0.1, 0.15) is 5.69 Å². The highest BCUT2D eigenvalue weighted by molar-refractivity contribution is 6.36. The number of hydrogen-bond donors (Lipinski definition) is 0. The van der Waals surface area contributed by atoms with E-state index in [0.29, 0.717) is 21.0 Å². The number of halogens is 5. The van der Waals surface area contributed by atoms with Crippen LogP contribution in [0.3, 0.4) is 0 Å². The Balaban J connectivity index is 2.41. The minimum atomic E-state index is -1.01. The molecule has 0 radical (unpaired) electrons. The van der Waals surface area contributed by atoms with E-state index < -0.39 is 11.6 Å². The Kier molecular flexibility index (Phi) is 3.69. The highest BCUT2D eigenvalue weighted by atomic mass is 35.5. The molecular weight excluding hydrogens is 341 g/mol. The van der Waals surface area contributed by atoms with Crippen LogP contribution in [-0.2, 0) is 0 Å². The van der Waals surface area contributed by atoms with Crippen LogP contribution >= 0.6 is 34.8 Å². The highest BCUT2D eigenvalue weighted by Crippen LogP contribution is 2.35. The van der Waals surface area contributed by atoms with Crippen LogP contribution in [0.1, 0.15) is 0 Å². The zero-order chi connectivity index (χ0) is 15.1. The first-order valence-corrected chi connectivity index (χ1v) is 6.87. The monoisotopic (exact) mass is 344 g/mol. The molecule has 0 N–H and O–H groups in total. The van der Waals surface area contributed by atoms with E-state index in [1.54, 1.807) is 18.2 Å². The third kappa shape index (κ3) is 2.55. The van der Waals surface area contributed by atoms with Gasteiger partial charge in [-0.1, -0.05) is 34.8 Å². The van der Waals surface area contributed by atoms with Gasteiger partial charge in [-0.3, -0.25) is 0 Å². The maximum Gasteiger partial charge on any atom is 0.159 e. The molecule has 7 heteroatoms. The summed E-state index contributed by atoms with van der Waals surface area (Å²) < 4.78 is 26.9. The van der Waals surface area contributed by atoms with Crippen LogP contribution in [0.2, 0.25) is 15.2 Å². The fourth-order valence-corrected chi connectivity index (χ4v) is 2.57. The van der Waals surface area contributed by atoms with Crippen molar-refractivity contribution in [2.24, 2.45) is 0 Å². The van der Waals surface area contributed by atoms with Gasteiger partial charge in [0.2, 0.25) is 0 Å². The van der Waals surface area contributed by atoms with E-state index in [-0.39, 0.29) is 16.2 Å². The van der Waals surface area contributed by atoms with Crippen molar-refractivity contribution in [3.05, 3.63) is 57.2 Å². The van der Waals surface area contributed by atoms with Crippen LogP contribution in [-0.4, -0.2) is 10.2 Å². The van der Waals surface area contributed by atoms with Crippen molar-refractivity contribution in [2.75, 3.05) is 0 Å². The molecule has 0 amide bonds. The van der Waals surface area contributed by atoms with Crippen molar-refractivity contribution in [3.63, 3.8) is 0 Å². The largest absolute Gasteiger partial charge is 0.204 e. The van der Waals surface area contributed by atoms with E-state index in [1.807, 2.05) is 0 Å². The second-order valence-corrected chi connectivity index (χ2v) is 5.48. The fourth-order valence-electron chi connectivity index (χ4n) is 1.99. The van der Waals surface area contributed by atoms with Gasteiger partial charge in [-0.05, 0) is 30.3 Å². The van der Waals surface area contributed by atoms with E-state index in [2.05, 4.69) is 10.2 Å². The Bertz CT molecular complexity index is 868. The molecule has 0 saturated heterocycles. The van der Waals surface area contributed by atoms with Crippen molar-refractivity contribution in [2.45, 2.75) is 0 Å². The Morgan fingerprint density at radius 3 is 2.19 bits per heavy atom. The lowest BCUT2D eigenvalue weighted by Gasteiger charge is -2.09. The summed E-state index contributed by atoms with van der Waals surface area (Å²) in [6.07, 6.45) is 0. The average molecular weight is 346 g/mol. The quantitative estimate of drug-likeness (QED) is 0.579. The molecule has 2 aromatic carbocycles. The Labute approximate surface area is 133 Å². The van der Waals surface area contributed by atoms with Crippen LogP contribution in [0, 0.1) is 11.6 Å². The maximum absolute atomic E-state index is 13.5. The van der Waals surface area contributed by atoms with Gasteiger partial charge in [0.15, 0.2) is 16.8 Å². The summed E-state index contributed by atoms with van der Waals surface area (Å²) in [7, 11) is 0. The van der Waals surface area contributed by atoms with Crippen LogP contribution in [0.5, 0.6) is 0 Å². The van der Waals surface area contributed by atoms with Crippen LogP contribution in [0.15, 0.2) is 30.3 Å². The average Bonchev–Trinajstić information content (AvgIpc) is 2.45. The molecule has 0 atom stereocenters. The van der Waals surface area contributed by atoms with Crippen LogP contribution < -0.4 is 0 Å². The van der Waals surface area contributed by atoms with Gasteiger partial charge in [0.25, 0.3) is 0 Å². The predicted octanol–water partition coefficient (Wildman–Crippen LogP) is 5.54. The minimum Gasteiger partial charge on any atom is -0.204 e. The summed E-state index contributed by atoms with van der Waals surface area (Å²) in [5.74, 6) is -2.02. The first kappa shape index (κ1) is 14.4. The van der Waals surface area contributed by atoms with Gasteiger partial charge < -0.3 is 0 Å². The fraction of sp³-hybridized carbons (Fsp3) is 0. The van der Waals surface area contributed by atoms with Gasteiger partial charge in [0.05, 0.1) is 5.02 Å². The molecule has 21 heavy (non-hydrogen) atoms. The van der Waals surface area contributed by atoms with Gasteiger partial charge in [-0.25, -0.2) is 8.78 Å². The summed E-state index contributed by atoms with van der Waals surface area (Å²) in [5.41, 5.74) is 0.741. The smallest absolute Gasteiger partial charge is 0.159 e. The third-order valence-corrected chi connectivity index (χ3v) is 3.80. The Hall–Kier alpha value is -1.49. The number of rotatable bonds is 1. The van der Waals surface area contributed by atoms with E-state index in [0.717, 1.165) is 12.1 Å². The van der Waals surface area contributed by atoms with E-state index in [4.69, 9.17) is 34.8 Å². The summed E-state index contributed by atoms with van der Waals surface area (Å²) in [6, 6.07) is 6.75. The lowest BCUT2D eigenvalue weighted by atomic mass is 10.0. The number of hydrogen-bond acceptors (Lipinski definition) is 2. The molecular formula is C14H5Cl3F2N2. The summed E-state index contributed by atoms with van der Waals surface area (Å²) in [6.45, 7) is 0. The molecule has 0 fully saturated rings. The van der Waals surface area contributed by atoms with Crippen molar-refractivity contribution in [1.82, 2.24) is 10.2 Å². The molecule has 0 aliphatic carbocycles. The maximum atomic E-state index is 13.5. The Morgan fingerprint density at radius 1 is 0.810 bits per heavy atom. The zero-order valence-electron chi connectivity index (χ0n) is 10.2. The van der Waals surface area contributed by atoms with E-state index >= 15 is 0 Å². The molecule has 0 bridgehead atoms. The third-order valence-electron chi connectivity index (χ3n) is 2.96. The molecule has 0 aliphatic heterocycles. The van der Waals surface area contributed by atoms with Crippen molar-refractivity contribution in [1.29, 1.82) is 0 Å². The van der Waals surface area contributed by atoms with E-state index in [9.17, 15) is 8.78 Å². The van der Waals surface area contributed by atoms with Crippen molar-refractivity contribution < 1.29 is 8.78 Å².